The number of nitrogens with zero attached hydrogens (tertiary/aromatic N) is 1. The van der Waals surface area contributed by atoms with E-state index in [0.717, 1.165) is 10.3 Å². The Morgan fingerprint density at radius 1 is 0.808 bits per heavy atom. The van der Waals surface area contributed by atoms with Gasteiger partial charge >= 0.3 is 11.9 Å². The van der Waals surface area contributed by atoms with Crippen molar-refractivity contribution in [2.75, 3.05) is 11.5 Å². The Kier molecular flexibility index (Phi) is 11.6. The lowest BCUT2D eigenvalue weighted by Crippen LogP contribution is -2.10. The van der Waals surface area contributed by atoms with Crippen LogP contribution in [-0.2, 0) is 35.8 Å². The maximum Gasteiger partial charge on any atom is 0.323 e. The van der Waals surface area contributed by atoms with Crippen molar-refractivity contribution in [2.24, 2.45) is 0 Å². The van der Waals surface area contributed by atoms with Crippen LogP contribution < -0.4 is 0 Å². The highest BCUT2D eigenvalue weighted by Crippen LogP contribution is 2.43. The third-order valence-electron chi connectivity index (χ3n) is 7.73. The van der Waals surface area contributed by atoms with Crippen molar-refractivity contribution in [1.29, 1.82) is 0 Å². The Labute approximate surface area is 316 Å². The molecule has 7 rings (SSSR count). The van der Waals surface area contributed by atoms with Crippen molar-refractivity contribution in [3.05, 3.63) is 128 Å². The highest BCUT2D eigenvalue weighted by atomic mass is 35.5. The summed E-state index contributed by atoms with van der Waals surface area (Å²) >= 11 is 18.6. The van der Waals surface area contributed by atoms with Crippen molar-refractivity contribution < 1.29 is 45.8 Å². The molecule has 2 aliphatic rings. The van der Waals surface area contributed by atoms with Crippen LogP contribution in [0.1, 0.15) is 27.2 Å². The Bertz CT molecular complexity index is 2530. The van der Waals surface area contributed by atoms with Gasteiger partial charge in [-0.15, -0.1) is 11.8 Å². The fraction of sp³-hybridized carbons (Fsp3) is 0.114. The second-order valence-corrected chi connectivity index (χ2v) is 17.4. The van der Waals surface area contributed by atoms with E-state index in [1.54, 1.807) is 37.3 Å². The first-order chi connectivity index (χ1) is 24.4. The number of aliphatic carboxylic acids is 2. The van der Waals surface area contributed by atoms with E-state index in [2.05, 4.69) is 0 Å². The summed E-state index contributed by atoms with van der Waals surface area (Å²) in [7, 11) is -7.05. The molecule has 3 heterocycles. The van der Waals surface area contributed by atoms with Gasteiger partial charge in [0.1, 0.15) is 18.1 Å². The number of sulfone groups is 2. The fourth-order valence-corrected chi connectivity index (χ4v) is 9.51. The maximum absolute atomic E-state index is 13.9. The topological polar surface area (TPSA) is 165 Å². The largest absolute Gasteiger partial charge is 0.481 e. The molecule has 270 valence electrons. The standard InChI is InChI=1S/C19H13ClFNO4S.C8H5ClO3S.C8H7ClO2S/c1-10-19(14-7-12(21)3-4-16(14)22(10)8-18(23)24)15-9-27(25,26)17-5-2-11(20)6-13(15)17;9-5-1-2-8-6(3-5)7(10)4-13(8,11)12;9-6-1-3-7(4-2-6)12-5-8(10)11/h2-7,9H,8H2,1H3,(H,23,24);1-3H,4H2;1-4H,5H2,(H,10,11). The highest BCUT2D eigenvalue weighted by Gasteiger charge is 2.33. The number of fused-ring (bicyclic) bond motifs is 3. The molecule has 0 saturated heterocycles. The fourth-order valence-electron chi connectivity index (χ4n) is 5.57. The monoisotopic (exact) mass is 823 g/mol. The first-order valence-electron chi connectivity index (χ1n) is 14.8. The highest BCUT2D eigenvalue weighted by molar-refractivity contribution is 8.00. The van der Waals surface area contributed by atoms with E-state index < -0.39 is 43.2 Å². The summed E-state index contributed by atoms with van der Waals surface area (Å²) in [6.45, 7) is 1.36. The van der Waals surface area contributed by atoms with Gasteiger partial charge in [0, 0.05) is 64.2 Å². The number of Topliss-reactive ketones (excluding diaryl/α,β-unsaturated/α-hetero) is 1. The van der Waals surface area contributed by atoms with Crippen LogP contribution in [0.2, 0.25) is 15.1 Å². The van der Waals surface area contributed by atoms with Gasteiger partial charge in [0.15, 0.2) is 15.6 Å². The molecule has 52 heavy (non-hydrogen) atoms. The zero-order valence-corrected chi connectivity index (χ0v) is 31.4. The Hall–Kier alpha value is -4.18. The summed E-state index contributed by atoms with van der Waals surface area (Å²) in [6, 6.07) is 19.8. The summed E-state index contributed by atoms with van der Waals surface area (Å²) in [5.74, 6) is -3.08. The molecule has 0 fully saturated rings. The van der Waals surface area contributed by atoms with Gasteiger partial charge < -0.3 is 14.8 Å². The number of carboxylic acid groups (broad SMARTS) is 2. The Morgan fingerprint density at radius 2 is 1.40 bits per heavy atom. The van der Waals surface area contributed by atoms with E-state index in [0.29, 0.717) is 48.4 Å². The second kappa shape index (κ2) is 15.4. The number of benzene rings is 4. The lowest BCUT2D eigenvalue weighted by atomic mass is 9.97. The summed E-state index contributed by atoms with van der Waals surface area (Å²) in [5, 5.41) is 20.6. The predicted octanol–water partition coefficient (Wildman–Crippen LogP) is 7.83. The lowest BCUT2D eigenvalue weighted by Gasteiger charge is -2.08. The van der Waals surface area contributed by atoms with Gasteiger partial charge in [-0.1, -0.05) is 34.8 Å². The minimum atomic E-state index is -3.67. The number of thioether (sulfide) groups is 1. The number of rotatable bonds is 6. The van der Waals surface area contributed by atoms with Gasteiger partial charge in [-0.2, -0.15) is 0 Å². The maximum atomic E-state index is 13.9. The molecule has 5 aromatic rings. The summed E-state index contributed by atoms with van der Waals surface area (Å²) in [5.41, 5.74) is 2.55. The van der Waals surface area contributed by atoms with Crippen LogP contribution >= 0.6 is 46.6 Å². The molecule has 0 atom stereocenters. The molecule has 4 aromatic carbocycles. The molecule has 17 heteroatoms. The van der Waals surface area contributed by atoms with Crippen LogP contribution in [-0.4, -0.2) is 60.8 Å². The molecular formula is C35H25Cl3FNO9S3. The number of hydrogen-bond donors (Lipinski definition) is 2. The van der Waals surface area contributed by atoms with Crippen LogP contribution in [0.3, 0.4) is 0 Å². The molecule has 0 aliphatic carbocycles. The molecule has 0 spiro atoms. The molecule has 2 aliphatic heterocycles. The summed E-state index contributed by atoms with van der Waals surface area (Å²) in [4.78, 5) is 33.8. The third-order valence-corrected chi connectivity index (χ3v) is 12.6. The van der Waals surface area contributed by atoms with Crippen LogP contribution in [0.5, 0.6) is 0 Å². The normalized spacial score (nSPS) is 14.7. The van der Waals surface area contributed by atoms with E-state index in [1.165, 1.54) is 64.9 Å². The predicted molar refractivity (Wildman–Crippen MR) is 198 cm³/mol. The number of carbonyl (C=O) groups is 3. The third kappa shape index (κ3) is 8.54. The van der Waals surface area contributed by atoms with Gasteiger partial charge in [0.25, 0.3) is 0 Å². The van der Waals surface area contributed by atoms with Gasteiger partial charge in [-0.25, -0.2) is 21.2 Å². The van der Waals surface area contributed by atoms with E-state index in [1.807, 2.05) is 0 Å². The van der Waals surface area contributed by atoms with E-state index in [9.17, 15) is 40.7 Å². The Morgan fingerprint density at radius 3 is 2.02 bits per heavy atom. The first-order valence-corrected chi connectivity index (χ1v) is 20.1. The molecule has 0 unspecified atom stereocenters. The van der Waals surface area contributed by atoms with Gasteiger partial charge in [-0.3, -0.25) is 14.4 Å². The van der Waals surface area contributed by atoms with Crippen LogP contribution in [0.15, 0.2) is 99.0 Å². The summed E-state index contributed by atoms with van der Waals surface area (Å²) < 4.78 is 63.2. The molecule has 0 saturated carbocycles. The van der Waals surface area contributed by atoms with Crippen LogP contribution in [0.25, 0.3) is 16.5 Å². The molecular weight excluding hydrogens is 800 g/mol. The molecule has 10 nitrogen and oxygen atoms in total. The molecule has 2 N–H and O–H groups in total. The van der Waals surface area contributed by atoms with Crippen molar-refractivity contribution >= 4 is 100 Å². The zero-order chi connectivity index (χ0) is 38.1. The van der Waals surface area contributed by atoms with Gasteiger partial charge in [0.05, 0.1) is 15.5 Å². The first kappa shape index (κ1) is 39.0. The number of carbonyl (C=O) groups excluding carboxylic acids is 1. The quantitative estimate of drug-likeness (QED) is 0.161. The number of hydrogen-bond acceptors (Lipinski definition) is 8. The number of aromatic nitrogens is 1. The van der Waals surface area contributed by atoms with Crippen LogP contribution in [0.4, 0.5) is 4.39 Å². The van der Waals surface area contributed by atoms with E-state index in [4.69, 9.17) is 39.9 Å². The van der Waals surface area contributed by atoms with E-state index in [-0.39, 0.29) is 33.4 Å². The van der Waals surface area contributed by atoms with Crippen molar-refractivity contribution in [1.82, 2.24) is 4.57 Å². The zero-order valence-electron chi connectivity index (χ0n) is 26.6. The average molecular weight is 825 g/mol. The minimum Gasteiger partial charge on any atom is -0.481 e. The number of halogens is 4. The minimum absolute atomic E-state index is 0.0850. The molecule has 0 radical (unpaired) electrons. The molecule has 1 aromatic heterocycles. The van der Waals surface area contributed by atoms with Crippen molar-refractivity contribution in [2.45, 2.75) is 28.2 Å². The second-order valence-electron chi connectivity index (χ2n) is 11.3. The van der Waals surface area contributed by atoms with E-state index >= 15 is 0 Å². The van der Waals surface area contributed by atoms with Crippen molar-refractivity contribution in [3.8, 4) is 0 Å². The van der Waals surface area contributed by atoms with Crippen molar-refractivity contribution in [3.63, 3.8) is 0 Å². The average Bonchev–Trinajstić information content (AvgIpc) is 3.57. The van der Waals surface area contributed by atoms with Gasteiger partial charge in [0.2, 0.25) is 9.84 Å². The SMILES string of the molecule is Cc1c(C2=CS(=O)(=O)c3ccc(Cl)cc32)c2cc(F)ccc2n1CC(=O)O.O=C(O)CSc1ccc(Cl)cc1.O=C1CS(=O)(=O)c2ccc(Cl)cc21. The summed E-state index contributed by atoms with van der Waals surface area (Å²) in [6.07, 6.45) is 0. The van der Waals surface area contributed by atoms with Gasteiger partial charge in [-0.05, 0) is 85.8 Å². The lowest BCUT2D eigenvalue weighted by molar-refractivity contribution is -0.137. The Balaban J connectivity index is 0.000000174. The molecule has 0 bridgehead atoms. The smallest absolute Gasteiger partial charge is 0.323 e. The van der Waals surface area contributed by atoms with Crippen LogP contribution in [0, 0.1) is 12.7 Å². The number of ketones is 1. The number of carboxylic acids is 2. The molecule has 0 amide bonds.